The number of ether oxygens (including phenoxy) is 1. The van der Waals surface area contributed by atoms with Crippen LogP contribution in [0.5, 0.6) is 0 Å². The molecule has 1 N–H and O–H groups in total. The average Bonchev–Trinajstić information content (AvgIpc) is 3.06. The monoisotopic (exact) mass is 273 g/mol. The smallest absolute Gasteiger partial charge is 0.0735 e. The first-order valence-electron chi connectivity index (χ1n) is 8.25. The Hall–Kier alpha value is -0.860. The van der Waals surface area contributed by atoms with Crippen molar-refractivity contribution in [2.75, 3.05) is 6.54 Å². The maximum absolute atomic E-state index is 6.08. The Morgan fingerprint density at radius 1 is 1.25 bits per heavy atom. The number of hydrogen-bond acceptors (Lipinski definition) is 2. The van der Waals surface area contributed by atoms with E-state index in [0.717, 1.165) is 13.0 Å². The Kier molecular flexibility index (Phi) is 4.42. The van der Waals surface area contributed by atoms with Gasteiger partial charge in [-0.25, -0.2) is 0 Å². The maximum atomic E-state index is 6.08. The predicted molar refractivity (Wildman–Crippen MR) is 83.2 cm³/mol. The quantitative estimate of drug-likeness (QED) is 0.889. The molecule has 2 aliphatic rings. The van der Waals surface area contributed by atoms with Gasteiger partial charge in [-0.3, -0.25) is 0 Å². The van der Waals surface area contributed by atoms with Crippen molar-refractivity contribution < 1.29 is 4.74 Å². The predicted octanol–water partition coefficient (Wildman–Crippen LogP) is 3.26. The zero-order chi connectivity index (χ0) is 13.9. The third kappa shape index (κ3) is 3.07. The summed E-state index contributed by atoms with van der Waals surface area (Å²) in [6.07, 6.45) is 8.19. The zero-order valence-electron chi connectivity index (χ0n) is 12.8. The minimum Gasteiger partial charge on any atom is -0.374 e. The van der Waals surface area contributed by atoms with Crippen LogP contribution < -0.4 is 5.32 Å². The topological polar surface area (TPSA) is 21.3 Å². The summed E-state index contributed by atoms with van der Waals surface area (Å²) in [5.74, 6) is 0. The normalized spacial score (nSPS) is 26.7. The molecule has 0 bridgehead atoms. The Balaban J connectivity index is 1.69. The van der Waals surface area contributed by atoms with Crippen molar-refractivity contribution in [2.45, 2.75) is 70.6 Å². The summed E-state index contributed by atoms with van der Waals surface area (Å²) in [6, 6.07) is 7.57. The lowest BCUT2D eigenvalue weighted by Gasteiger charge is -2.25. The molecule has 0 spiro atoms. The van der Waals surface area contributed by atoms with Gasteiger partial charge in [-0.15, -0.1) is 0 Å². The molecule has 0 radical (unpaired) electrons. The Morgan fingerprint density at radius 2 is 2.10 bits per heavy atom. The molecule has 1 fully saturated rings. The standard InChI is InChI=1S/C18H27NO/c1-3-19-17(18-10-7-13(2)20-18)12-14-8-9-15-5-4-6-16(15)11-14/h8-9,11,13,17-19H,3-7,10,12H2,1-2H3. The molecule has 20 heavy (non-hydrogen) atoms. The molecule has 0 aromatic heterocycles. The molecule has 1 aliphatic carbocycles. The molecular formula is C18H27NO. The number of likely N-dealkylation sites (N-methyl/N-ethyl adjacent to an activating group) is 1. The fourth-order valence-electron chi connectivity index (χ4n) is 3.73. The van der Waals surface area contributed by atoms with E-state index in [-0.39, 0.29) is 0 Å². The summed E-state index contributed by atoms with van der Waals surface area (Å²) >= 11 is 0. The van der Waals surface area contributed by atoms with E-state index < -0.39 is 0 Å². The van der Waals surface area contributed by atoms with Crippen LogP contribution in [0.4, 0.5) is 0 Å². The van der Waals surface area contributed by atoms with Gasteiger partial charge in [-0.2, -0.15) is 0 Å². The molecule has 1 aromatic carbocycles. The van der Waals surface area contributed by atoms with Crippen LogP contribution in [0.15, 0.2) is 18.2 Å². The number of rotatable bonds is 5. The van der Waals surface area contributed by atoms with E-state index in [4.69, 9.17) is 4.74 Å². The number of aryl methyl sites for hydroxylation is 2. The second-order valence-corrected chi connectivity index (χ2v) is 6.39. The number of nitrogens with one attached hydrogen (secondary N) is 1. The maximum Gasteiger partial charge on any atom is 0.0735 e. The third-order valence-corrected chi connectivity index (χ3v) is 4.80. The van der Waals surface area contributed by atoms with E-state index in [2.05, 4.69) is 37.4 Å². The van der Waals surface area contributed by atoms with Crippen molar-refractivity contribution in [2.24, 2.45) is 0 Å². The van der Waals surface area contributed by atoms with Crippen molar-refractivity contribution >= 4 is 0 Å². The molecule has 2 nitrogen and oxygen atoms in total. The van der Waals surface area contributed by atoms with E-state index in [9.17, 15) is 0 Å². The summed E-state index contributed by atoms with van der Waals surface area (Å²) in [5, 5.41) is 3.64. The SMILES string of the molecule is CCNC(Cc1ccc2c(c1)CCC2)C1CCC(C)O1. The largest absolute Gasteiger partial charge is 0.374 e. The minimum atomic E-state index is 0.387. The molecule has 3 rings (SSSR count). The number of benzene rings is 1. The van der Waals surface area contributed by atoms with E-state index in [0.29, 0.717) is 18.2 Å². The van der Waals surface area contributed by atoms with Crippen LogP contribution in [0, 0.1) is 0 Å². The fourth-order valence-corrected chi connectivity index (χ4v) is 3.73. The highest BCUT2D eigenvalue weighted by Crippen LogP contribution is 2.26. The highest BCUT2D eigenvalue weighted by molar-refractivity contribution is 5.35. The Morgan fingerprint density at radius 3 is 2.85 bits per heavy atom. The van der Waals surface area contributed by atoms with Crippen molar-refractivity contribution in [3.63, 3.8) is 0 Å². The first kappa shape index (κ1) is 14.1. The van der Waals surface area contributed by atoms with Gasteiger partial charge in [0, 0.05) is 6.04 Å². The van der Waals surface area contributed by atoms with E-state index in [1.807, 2.05) is 0 Å². The summed E-state index contributed by atoms with van der Waals surface area (Å²) in [4.78, 5) is 0. The molecule has 1 saturated heterocycles. The van der Waals surface area contributed by atoms with Crippen LogP contribution in [0.1, 0.15) is 49.8 Å². The highest BCUT2D eigenvalue weighted by Gasteiger charge is 2.29. The molecule has 0 amide bonds. The lowest BCUT2D eigenvalue weighted by molar-refractivity contribution is 0.0324. The first-order valence-corrected chi connectivity index (χ1v) is 8.25. The summed E-state index contributed by atoms with van der Waals surface area (Å²) in [7, 11) is 0. The summed E-state index contributed by atoms with van der Waals surface area (Å²) < 4.78 is 6.08. The molecule has 2 heteroatoms. The highest BCUT2D eigenvalue weighted by atomic mass is 16.5. The van der Waals surface area contributed by atoms with Gasteiger partial charge in [-0.1, -0.05) is 25.1 Å². The molecular weight excluding hydrogens is 246 g/mol. The molecule has 3 unspecified atom stereocenters. The van der Waals surface area contributed by atoms with Crippen LogP contribution in [0.3, 0.4) is 0 Å². The number of fused-ring (bicyclic) bond motifs is 1. The lowest BCUT2D eigenvalue weighted by Crippen LogP contribution is -2.41. The fraction of sp³-hybridized carbons (Fsp3) is 0.667. The van der Waals surface area contributed by atoms with Gasteiger partial charge >= 0.3 is 0 Å². The molecule has 110 valence electrons. The van der Waals surface area contributed by atoms with Crippen LogP contribution in [-0.2, 0) is 24.0 Å². The van der Waals surface area contributed by atoms with E-state index in [1.54, 1.807) is 11.1 Å². The number of hydrogen-bond donors (Lipinski definition) is 1. The molecule has 1 aromatic rings. The Bertz CT molecular complexity index is 457. The zero-order valence-corrected chi connectivity index (χ0v) is 12.8. The van der Waals surface area contributed by atoms with Crippen LogP contribution in [0.2, 0.25) is 0 Å². The third-order valence-electron chi connectivity index (χ3n) is 4.80. The first-order chi connectivity index (χ1) is 9.76. The van der Waals surface area contributed by atoms with E-state index >= 15 is 0 Å². The molecule has 0 saturated carbocycles. The van der Waals surface area contributed by atoms with Crippen LogP contribution >= 0.6 is 0 Å². The van der Waals surface area contributed by atoms with Gasteiger partial charge in [-0.05, 0) is 68.7 Å². The van der Waals surface area contributed by atoms with Crippen LogP contribution in [-0.4, -0.2) is 24.8 Å². The second-order valence-electron chi connectivity index (χ2n) is 6.39. The van der Waals surface area contributed by atoms with Crippen molar-refractivity contribution in [3.05, 3.63) is 34.9 Å². The molecule has 1 aliphatic heterocycles. The summed E-state index contributed by atoms with van der Waals surface area (Å²) in [5.41, 5.74) is 4.62. The van der Waals surface area contributed by atoms with E-state index in [1.165, 1.54) is 37.7 Å². The van der Waals surface area contributed by atoms with Gasteiger partial charge in [0.1, 0.15) is 0 Å². The van der Waals surface area contributed by atoms with Gasteiger partial charge in [0.2, 0.25) is 0 Å². The molecule has 3 atom stereocenters. The molecule has 1 heterocycles. The van der Waals surface area contributed by atoms with Crippen LogP contribution in [0.25, 0.3) is 0 Å². The summed E-state index contributed by atoms with van der Waals surface area (Å²) in [6.45, 7) is 5.40. The second kappa shape index (κ2) is 6.28. The van der Waals surface area contributed by atoms with Gasteiger partial charge < -0.3 is 10.1 Å². The van der Waals surface area contributed by atoms with Crippen molar-refractivity contribution in [1.29, 1.82) is 0 Å². The lowest BCUT2D eigenvalue weighted by atomic mass is 9.96. The van der Waals surface area contributed by atoms with Crippen molar-refractivity contribution in [1.82, 2.24) is 5.32 Å². The van der Waals surface area contributed by atoms with Gasteiger partial charge in [0.05, 0.1) is 12.2 Å². The minimum absolute atomic E-state index is 0.387. The van der Waals surface area contributed by atoms with Crippen molar-refractivity contribution in [3.8, 4) is 0 Å². The average molecular weight is 273 g/mol. The van der Waals surface area contributed by atoms with Gasteiger partial charge in [0.25, 0.3) is 0 Å². The Labute approximate surface area is 122 Å². The van der Waals surface area contributed by atoms with Gasteiger partial charge in [0.15, 0.2) is 0 Å².